The van der Waals surface area contributed by atoms with E-state index in [1.165, 1.54) is 19.3 Å². The lowest BCUT2D eigenvalue weighted by Gasteiger charge is -2.12. The number of rotatable bonds is 1. The number of urea groups is 1. The van der Waals surface area contributed by atoms with E-state index in [4.69, 9.17) is 5.73 Å². The third-order valence-corrected chi connectivity index (χ3v) is 1.39. The Morgan fingerprint density at radius 2 is 2.42 bits per heavy atom. The molecule has 0 unspecified atom stereocenters. The van der Waals surface area contributed by atoms with Crippen molar-refractivity contribution < 1.29 is 4.79 Å². The Morgan fingerprint density at radius 3 is 2.92 bits per heavy atom. The van der Waals surface area contributed by atoms with Gasteiger partial charge in [0.2, 0.25) is 0 Å². The summed E-state index contributed by atoms with van der Waals surface area (Å²) in [6.07, 6.45) is 1.33. The van der Waals surface area contributed by atoms with Gasteiger partial charge in [-0.3, -0.25) is 9.69 Å². The number of carbonyl (C=O) groups is 1. The SMILES string of the molecule is CN(C(N)=O)c1cc(=O)[c]c[nH]1. The number of hydrogen-bond donors (Lipinski definition) is 2. The average Bonchev–Trinajstić information content (AvgIpc) is 2.03. The number of nitrogens with zero attached hydrogens (tertiary/aromatic N) is 1. The number of aromatic nitrogens is 1. The smallest absolute Gasteiger partial charge is 0.320 e. The van der Waals surface area contributed by atoms with Gasteiger partial charge in [-0.15, -0.1) is 0 Å². The highest BCUT2D eigenvalue weighted by molar-refractivity contribution is 5.88. The van der Waals surface area contributed by atoms with E-state index < -0.39 is 6.03 Å². The van der Waals surface area contributed by atoms with Gasteiger partial charge in [0.1, 0.15) is 5.82 Å². The van der Waals surface area contributed by atoms with Crippen molar-refractivity contribution in [2.45, 2.75) is 0 Å². The molecule has 0 saturated heterocycles. The predicted octanol–water partition coefficient (Wildman–Crippen LogP) is -0.310. The molecule has 1 radical (unpaired) electrons. The van der Waals surface area contributed by atoms with Crippen LogP contribution in [0.4, 0.5) is 10.6 Å². The minimum absolute atomic E-state index is 0.295. The van der Waals surface area contributed by atoms with Crippen LogP contribution in [0.2, 0.25) is 0 Å². The van der Waals surface area contributed by atoms with Crippen molar-refractivity contribution in [1.82, 2.24) is 4.98 Å². The summed E-state index contributed by atoms with van der Waals surface area (Å²) in [5.41, 5.74) is 4.68. The van der Waals surface area contributed by atoms with Gasteiger partial charge in [-0.25, -0.2) is 4.79 Å². The van der Waals surface area contributed by atoms with Crippen molar-refractivity contribution in [2.75, 3.05) is 11.9 Å². The van der Waals surface area contributed by atoms with Crippen LogP contribution >= 0.6 is 0 Å². The molecule has 5 nitrogen and oxygen atoms in total. The van der Waals surface area contributed by atoms with Crippen molar-refractivity contribution in [3.05, 3.63) is 28.6 Å². The Hall–Kier alpha value is -1.78. The normalized spacial score (nSPS) is 9.42. The molecular weight excluding hydrogens is 158 g/mol. The highest BCUT2D eigenvalue weighted by atomic mass is 16.2. The van der Waals surface area contributed by atoms with Crippen molar-refractivity contribution in [3.63, 3.8) is 0 Å². The van der Waals surface area contributed by atoms with E-state index in [-0.39, 0.29) is 5.43 Å². The van der Waals surface area contributed by atoms with Crippen LogP contribution in [0.3, 0.4) is 0 Å². The Morgan fingerprint density at radius 1 is 1.75 bits per heavy atom. The number of H-pyrrole nitrogens is 1. The quantitative estimate of drug-likeness (QED) is 0.600. The van der Waals surface area contributed by atoms with E-state index in [0.29, 0.717) is 5.82 Å². The highest BCUT2D eigenvalue weighted by Crippen LogP contribution is 2.01. The second-order valence-electron chi connectivity index (χ2n) is 2.22. The van der Waals surface area contributed by atoms with E-state index in [1.807, 2.05) is 0 Å². The van der Waals surface area contributed by atoms with Gasteiger partial charge in [0.25, 0.3) is 0 Å². The molecule has 2 amide bonds. The summed E-state index contributed by atoms with van der Waals surface area (Å²) < 4.78 is 0. The molecule has 0 aromatic carbocycles. The molecule has 0 atom stereocenters. The molecular formula is C7H8N3O2. The molecule has 5 heteroatoms. The van der Waals surface area contributed by atoms with Crippen molar-refractivity contribution in [2.24, 2.45) is 5.73 Å². The molecule has 1 aromatic rings. The zero-order chi connectivity index (χ0) is 9.14. The molecule has 0 aliphatic rings. The minimum Gasteiger partial charge on any atom is -0.351 e. The summed E-state index contributed by atoms with van der Waals surface area (Å²) in [6.45, 7) is 0. The van der Waals surface area contributed by atoms with Gasteiger partial charge in [0.05, 0.1) is 6.07 Å². The van der Waals surface area contributed by atoms with Gasteiger partial charge in [0, 0.05) is 19.3 Å². The molecule has 0 fully saturated rings. The van der Waals surface area contributed by atoms with Crippen molar-refractivity contribution in [3.8, 4) is 0 Å². The fourth-order valence-corrected chi connectivity index (χ4v) is 0.701. The molecule has 0 aliphatic heterocycles. The number of anilines is 1. The van der Waals surface area contributed by atoms with Crippen LogP contribution in [0.5, 0.6) is 0 Å². The Bertz CT molecular complexity index is 345. The van der Waals surface area contributed by atoms with Crippen LogP contribution in [0.1, 0.15) is 0 Å². The van der Waals surface area contributed by atoms with Gasteiger partial charge < -0.3 is 10.7 Å². The first-order chi connectivity index (χ1) is 5.61. The molecule has 63 valence electrons. The van der Waals surface area contributed by atoms with Crippen LogP contribution in [0.15, 0.2) is 17.1 Å². The number of hydrogen-bond acceptors (Lipinski definition) is 2. The zero-order valence-electron chi connectivity index (χ0n) is 6.50. The number of primary amides is 1. The van der Waals surface area contributed by atoms with E-state index in [0.717, 1.165) is 4.90 Å². The van der Waals surface area contributed by atoms with Gasteiger partial charge in [-0.05, 0) is 0 Å². The van der Waals surface area contributed by atoms with Crippen LogP contribution in [-0.2, 0) is 0 Å². The fraction of sp³-hybridized carbons (Fsp3) is 0.143. The Labute approximate surface area is 68.8 Å². The van der Waals surface area contributed by atoms with Gasteiger partial charge in [-0.2, -0.15) is 0 Å². The number of pyridine rings is 1. The lowest BCUT2D eigenvalue weighted by Crippen LogP contribution is -2.32. The average molecular weight is 166 g/mol. The molecule has 0 spiro atoms. The maximum atomic E-state index is 10.8. The Kier molecular flexibility index (Phi) is 2.14. The van der Waals surface area contributed by atoms with Crippen molar-refractivity contribution >= 4 is 11.8 Å². The third kappa shape index (κ3) is 1.63. The monoisotopic (exact) mass is 166 g/mol. The third-order valence-electron chi connectivity index (χ3n) is 1.39. The highest BCUT2D eigenvalue weighted by Gasteiger charge is 2.05. The maximum absolute atomic E-state index is 10.8. The molecule has 0 bridgehead atoms. The largest absolute Gasteiger partial charge is 0.351 e. The summed E-state index contributed by atoms with van der Waals surface area (Å²) >= 11 is 0. The summed E-state index contributed by atoms with van der Waals surface area (Å²) in [7, 11) is 1.47. The van der Waals surface area contributed by atoms with Gasteiger partial charge >= 0.3 is 6.03 Å². The summed E-state index contributed by atoms with van der Waals surface area (Å²) in [6, 6.07) is 2.99. The number of nitrogens with two attached hydrogens (primary N) is 1. The molecule has 0 saturated carbocycles. The first-order valence-electron chi connectivity index (χ1n) is 3.25. The number of carbonyl (C=O) groups excluding carboxylic acids is 1. The van der Waals surface area contributed by atoms with Gasteiger partial charge in [-0.1, -0.05) is 0 Å². The maximum Gasteiger partial charge on any atom is 0.320 e. The second-order valence-corrected chi connectivity index (χ2v) is 2.22. The predicted molar refractivity (Wildman–Crippen MR) is 43.9 cm³/mol. The number of nitrogens with one attached hydrogen (secondary N) is 1. The van der Waals surface area contributed by atoms with Crippen LogP contribution in [0, 0.1) is 6.07 Å². The number of aromatic amines is 1. The molecule has 3 N–H and O–H groups in total. The summed E-state index contributed by atoms with van der Waals surface area (Å²) in [5.74, 6) is 0.353. The topological polar surface area (TPSA) is 79.2 Å². The first-order valence-corrected chi connectivity index (χ1v) is 3.25. The molecule has 1 aromatic heterocycles. The van der Waals surface area contributed by atoms with Crippen molar-refractivity contribution in [1.29, 1.82) is 0 Å². The Balaban J connectivity index is 3.03. The van der Waals surface area contributed by atoms with Crippen LogP contribution < -0.4 is 16.1 Å². The second kappa shape index (κ2) is 3.08. The lowest BCUT2D eigenvalue weighted by molar-refractivity contribution is 0.255. The zero-order valence-corrected chi connectivity index (χ0v) is 6.50. The standard InChI is InChI=1S/C7H8N3O2/c1-10(7(8)12)6-4-5(11)2-3-9-6/h3-4H,1H3,(H2,8,12)(H,9,11). The number of amides is 2. The molecule has 0 aliphatic carbocycles. The molecule has 1 rings (SSSR count). The molecule has 12 heavy (non-hydrogen) atoms. The lowest BCUT2D eigenvalue weighted by atomic mass is 10.4. The fourth-order valence-electron chi connectivity index (χ4n) is 0.701. The molecule has 1 heterocycles. The van der Waals surface area contributed by atoms with E-state index >= 15 is 0 Å². The van der Waals surface area contributed by atoms with E-state index in [2.05, 4.69) is 11.1 Å². The van der Waals surface area contributed by atoms with E-state index in [1.54, 1.807) is 0 Å². The van der Waals surface area contributed by atoms with E-state index in [9.17, 15) is 9.59 Å². The minimum atomic E-state index is -0.628. The summed E-state index contributed by atoms with van der Waals surface area (Å²) in [5, 5.41) is 0. The first kappa shape index (κ1) is 8.32. The van der Waals surface area contributed by atoms with Gasteiger partial charge in [0.15, 0.2) is 5.43 Å². The van der Waals surface area contributed by atoms with Crippen LogP contribution in [-0.4, -0.2) is 18.1 Å². The summed E-state index contributed by atoms with van der Waals surface area (Å²) in [4.78, 5) is 25.2. The van der Waals surface area contributed by atoms with Crippen LogP contribution in [0.25, 0.3) is 0 Å².